The van der Waals surface area contributed by atoms with Gasteiger partial charge in [-0.05, 0) is 83.2 Å². The van der Waals surface area contributed by atoms with Crippen LogP contribution in [0.15, 0.2) is 23.6 Å². The van der Waals surface area contributed by atoms with Gasteiger partial charge >= 0.3 is 11.9 Å². The number of carboxylic acid groups (broad SMARTS) is 1. The Morgan fingerprint density at radius 1 is 0.906 bits per heavy atom. The standard InChI is InChI=1S/C45H72N8O10S/c1-15-25(6)37(51-44(62)45(10,11)52(12)13)42(59)53(14)33(23(2)3)21-35(63-28(9)54)41-50-32(22-64-41)39(57)48-30(18-26(7)43(60)61)19-29-16-17-34(55)31(20-29)49-38(56)27(8)47-40(58)36(46)24(4)5/h16-17,20,22-27,30,33,35-37,55H,15,18-19,21,46H2,1-14H3,(H,47,58)(H,48,57)(H,49,56)(H,51,62)(H,60,61)/t25-,26-,27-,30+,33+,35+,36-,37-/m0/s1. The number of rotatable bonds is 24. The molecule has 0 bridgehead atoms. The quantitative estimate of drug-likeness (QED) is 0.0579. The van der Waals surface area contributed by atoms with Crippen molar-refractivity contribution in [2.24, 2.45) is 29.4 Å². The average molecular weight is 917 g/mol. The minimum Gasteiger partial charge on any atom is -0.506 e. The molecule has 19 heteroatoms. The van der Waals surface area contributed by atoms with Gasteiger partial charge in [0.2, 0.25) is 23.6 Å². The fourth-order valence-electron chi connectivity index (χ4n) is 6.62. The maximum absolute atomic E-state index is 14.2. The molecule has 0 unspecified atom stereocenters. The van der Waals surface area contributed by atoms with E-state index in [0.717, 1.165) is 11.3 Å². The van der Waals surface area contributed by atoms with E-state index in [0.29, 0.717) is 17.0 Å². The van der Waals surface area contributed by atoms with Crippen LogP contribution in [0.25, 0.3) is 0 Å². The van der Waals surface area contributed by atoms with Gasteiger partial charge in [-0.3, -0.25) is 38.5 Å². The Morgan fingerprint density at radius 3 is 2.06 bits per heavy atom. The van der Waals surface area contributed by atoms with E-state index in [1.807, 2.05) is 27.7 Å². The molecule has 0 spiro atoms. The first-order valence-corrected chi connectivity index (χ1v) is 22.6. The van der Waals surface area contributed by atoms with Crippen LogP contribution >= 0.6 is 11.3 Å². The molecule has 5 amide bonds. The summed E-state index contributed by atoms with van der Waals surface area (Å²) in [6.07, 6.45) is -0.0896. The normalized spacial score (nSPS) is 15.5. The van der Waals surface area contributed by atoms with Crippen LogP contribution in [-0.2, 0) is 39.9 Å². The first kappa shape index (κ1) is 55.0. The van der Waals surface area contributed by atoms with Crippen LogP contribution < -0.4 is 27.0 Å². The minimum atomic E-state index is -1.08. The highest BCUT2D eigenvalue weighted by Gasteiger charge is 2.39. The number of ether oxygens (including phenoxy) is 1. The van der Waals surface area contributed by atoms with E-state index in [1.54, 1.807) is 64.7 Å². The highest BCUT2D eigenvalue weighted by molar-refractivity contribution is 7.09. The summed E-state index contributed by atoms with van der Waals surface area (Å²) in [6, 6.07) is 0.527. The molecule has 1 aromatic carbocycles. The molecular weight excluding hydrogens is 845 g/mol. The highest BCUT2D eigenvalue weighted by atomic mass is 32.1. The van der Waals surface area contributed by atoms with Crippen molar-refractivity contribution in [1.29, 1.82) is 0 Å². The van der Waals surface area contributed by atoms with Gasteiger partial charge in [-0.1, -0.05) is 61.0 Å². The Hall–Kier alpha value is -5.14. The number of hydrogen-bond acceptors (Lipinski definition) is 13. The third kappa shape index (κ3) is 15.5. The molecule has 0 radical (unpaired) electrons. The highest BCUT2D eigenvalue weighted by Crippen LogP contribution is 2.32. The topological polar surface area (TPSA) is 263 Å². The second-order valence-electron chi connectivity index (χ2n) is 18.1. The van der Waals surface area contributed by atoms with Crippen LogP contribution in [0.4, 0.5) is 5.69 Å². The molecule has 1 aromatic heterocycles. The molecule has 18 nitrogen and oxygen atoms in total. The number of esters is 1. The fourth-order valence-corrected chi connectivity index (χ4v) is 7.46. The van der Waals surface area contributed by atoms with Crippen molar-refractivity contribution in [1.82, 2.24) is 30.7 Å². The molecule has 0 aliphatic heterocycles. The monoisotopic (exact) mass is 917 g/mol. The van der Waals surface area contributed by atoms with E-state index in [9.17, 15) is 43.8 Å². The molecule has 2 rings (SSSR count). The van der Waals surface area contributed by atoms with E-state index in [-0.39, 0.29) is 66.0 Å². The SMILES string of the molecule is CC[C@H](C)[C@H](NC(=O)C(C)(C)N(C)C)C(=O)N(C)[C@H](C[C@@H](OC(C)=O)c1nc(C(=O)N[C@@H](Cc2ccc(O)c(NC(=O)[C@H](C)NC(=O)[C@@H](N)C(C)C)c2)C[C@H](C)C(=O)O)cs1)C(C)C. The number of nitrogens with one attached hydrogen (secondary N) is 4. The number of carboxylic acids is 1. The van der Waals surface area contributed by atoms with E-state index >= 15 is 0 Å². The lowest BCUT2D eigenvalue weighted by Crippen LogP contribution is -2.60. The molecule has 8 atom stereocenters. The molecule has 0 saturated carbocycles. The summed E-state index contributed by atoms with van der Waals surface area (Å²) in [7, 11) is 5.24. The Morgan fingerprint density at radius 2 is 1.53 bits per heavy atom. The van der Waals surface area contributed by atoms with Crippen molar-refractivity contribution in [3.8, 4) is 5.75 Å². The number of phenolic OH excluding ortho intramolecular Hbond substituents is 1. The Bertz CT molecular complexity index is 1950. The third-order valence-electron chi connectivity index (χ3n) is 11.8. The van der Waals surface area contributed by atoms with Gasteiger partial charge in [0.1, 0.15) is 28.5 Å². The molecule has 0 fully saturated rings. The number of aliphatic carboxylic acids is 1. The van der Waals surface area contributed by atoms with E-state index in [2.05, 4.69) is 26.3 Å². The fraction of sp³-hybridized carbons (Fsp3) is 0.644. The zero-order chi connectivity index (χ0) is 49.0. The number of hydrogen-bond donors (Lipinski definition) is 7. The summed E-state index contributed by atoms with van der Waals surface area (Å²) in [4.78, 5) is 99.2. The first-order chi connectivity index (χ1) is 29.6. The van der Waals surface area contributed by atoms with Crippen LogP contribution in [0.3, 0.4) is 0 Å². The van der Waals surface area contributed by atoms with Crippen LogP contribution in [0.1, 0.15) is 123 Å². The van der Waals surface area contributed by atoms with Gasteiger partial charge in [-0.15, -0.1) is 11.3 Å². The number of amides is 5. The van der Waals surface area contributed by atoms with Crippen molar-refractivity contribution in [2.45, 2.75) is 144 Å². The number of nitrogens with zero attached hydrogens (tertiary/aromatic N) is 3. The predicted octanol–water partition coefficient (Wildman–Crippen LogP) is 4.08. The van der Waals surface area contributed by atoms with Gasteiger partial charge < -0.3 is 46.9 Å². The van der Waals surface area contributed by atoms with Crippen molar-refractivity contribution >= 4 is 58.5 Å². The van der Waals surface area contributed by atoms with Crippen molar-refractivity contribution in [3.63, 3.8) is 0 Å². The number of thiazole rings is 1. The summed E-state index contributed by atoms with van der Waals surface area (Å²) < 4.78 is 5.77. The van der Waals surface area contributed by atoms with Crippen LogP contribution in [-0.4, -0.2) is 123 Å². The first-order valence-electron chi connectivity index (χ1n) is 21.7. The van der Waals surface area contributed by atoms with Gasteiger partial charge in [0, 0.05) is 37.9 Å². The molecule has 64 heavy (non-hydrogen) atoms. The minimum absolute atomic E-state index is 0.00871. The van der Waals surface area contributed by atoms with Crippen molar-refractivity contribution < 1.29 is 48.5 Å². The van der Waals surface area contributed by atoms with Gasteiger partial charge in [-0.2, -0.15) is 0 Å². The number of carbonyl (C=O) groups is 7. The summed E-state index contributed by atoms with van der Waals surface area (Å²) in [5.41, 5.74) is 5.59. The van der Waals surface area contributed by atoms with Gasteiger partial charge in [0.25, 0.3) is 5.91 Å². The molecule has 8 N–H and O–H groups in total. The summed E-state index contributed by atoms with van der Waals surface area (Å²) in [5.74, 6) is -5.63. The molecule has 0 aliphatic rings. The molecule has 0 saturated heterocycles. The number of benzene rings is 1. The Labute approximate surface area is 381 Å². The summed E-state index contributed by atoms with van der Waals surface area (Å²) in [5, 5.41) is 33.2. The van der Waals surface area contributed by atoms with Crippen molar-refractivity contribution in [2.75, 3.05) is 26.5 Å². The zero-order valence-electron chi connectivity index (χ0n) is 39.9. The Balaban J connectivity index is 2.38. The lowest BCUT2D eigenvalue weighted by atomic mass is 9.92. The van der Waals surface area contributed by atoms with Crippen LogP contribution in [0.2, 0.25) is 0 Å². The second kappa shape index (κ2) is 24.2. The smallest absolute Gasteiger partial charge is 0.306 e. The number of phenols is 1. The predicted molar refractivity (Wildman–Crippen MR) is 245 cm³/mol. The van der Waals surface area contributed by atoms with Crippen molar-refractivity contribution in [3.05, 3.63) is 39.8 Å². The van der Waals surface area contributed by atoms with Gasteiger partial charge in [0.15, 0.2) is 6.10 Å². The summed E-state index contributed by atoms with van der Waals surface area (Å²) >= 11 is 1.09. The lowest BCUT2D eigenvalue weighted by molar-refractivity contribution is -0.149. The number of aromatic nitrogens is 1. The average Bonchev–Trinajstić information content (AvgIpc) is 3.71. The van der Waals surface area contributed by atoms with E-state index < -0.39 is 77.4 Å². The maximum Gasteiger partial charge on any atom is 0.306 e. The van der Waals surface area contributed by atoms with E-state index in [4.69, 9.17) is 10.5 Å². The number of nitrogens with two attached hydrogens (primary N) is 1. The lowest BCUT2D eigenvalue weighted by Gasteiger charge is -2.38. The van der Waals surface area contributed by atoms with E-state index in [1.165, 1.54) is 38.3 Å². The number of carbonyl (C=O) groups excluding carboxylic acids is 6. The molecule has 1 heterocycles. The molecule has 358 valence electrons. The van der Waals surface area contributed by atoms with Crippen LogP contribution in [0, 0.1) is 23.7 Å². The molecule has 2 aromatic rings. The number of anilines is 1. The molecule has 0 aliphatic carbocycles. The summed E-state index contributed by atoms with van der Waals surface area (Å²) in [6.45, 7) is 19.0. The number of likely N-dealkylation sites (N-methyl/N-ethyl adjacent to an activating group) is 2. The van der Waals surface area contributed by atoms with Crippen LogP contribution in [0.5, 0.6) is 5.75 Å². The largest absolute Gasteiger partial charge is 0.506 e. The second-order valence-corrected chi connectivity index (χ2v) is 19.0. The number of aromatic hydroxyl groups is 1. The zero-order valence-corrected chi connectivity index (χ0v) is 40.7. The Kier molecular flexibility index (Phi) is 20.8. The molecular formula is C45H72N8O10S. The van der Waals surface area contributed by atoms with Gasteiger partial charge in [-0.25, -0.2) is 4.98 Å². The maximum atomic E-state index is 14.2. The van der Waals surface area contributed by atoms with Gasteiger partial charge in [0.05, 0.1) is 23.2 Å². The third-order valence-corrected chi connectivity index (χ3v) is 12.8.